The number of hydrogen-bond acceptors (Lipinski definition) is 6. The van der Waals surface area contributed by atoms with Gasteiger partial charge < -0.3 is 10.6 Å². The highest BCUT2D eigenvalue weighted by molar-refractivity contribution is 7.90. The number of carbonyl (C=O) groups is 1. The summed E-state index contributed by atoms with van der Waals surface area (Å²) in [7, 11) is -3.57. The third-order valence-corrected chi connectivity index (χ3v) is 4.11. The second-order valence-corrected chi connectivity index (χ2v) is 6.55. The molecule has 0 radical (unpaired) electrons. The highest BCUT2D eigenvalue weighted by Gasteiger charge is 2.22. The number of nitrogens with zero attached hydrogens (tertiary/aromatic N) is 3. The van der Waals surface area contributed by atoms with E-state index in [1.54, 1.807) is 0 Å². The highest BCUT2D eigenvalue weighted by Crippen LogP contribution is 2.19. The van der Waals surface area contributed by atoms with Crippen LogP contribution in [0.2, 0.25) is 0 Å². The van der Waals surface area contributed by atoms with Crippen molar-refractivity contribution in [2.24, 2.45) is 5.73 Å². The number of hydrogen-bond donors (Lipinski definition) is 1. The van der Waals surface area contributed by atoms with Gasteiger partial charge in [-0.15, -0.1) is 0 Å². The maximum Gasteiger partial charge on any atom is 0.268 e. The van der Waals surface area contributed by atoms with Crippen LogP contribution in [0.25, 0.3) is 0 Å². The van der Waals surface area contributed by atoms with E-state index in [4.69, 9.17) is 5.73 Å². The van der Waals surface area contributed by atoms with Crippen LogP contribution in [0.3, 0.4) is 0 Å². The van der Waals surface area contributed by atoms with E-state index in [1.807, 2.05) is 4.90 Å². The molecule has 0 aromatic carbocycles. The molecule has 7 nitrogen and oxygen atoms in total. The fraction of sp³-hybridized carbons (Fsp3) is 0.545. The summed E-state index contributed by atoms with van der Waals surface area (Å²) >= 11 is 0. The Morgan fingerprint density at radius 3 is 2.47 bits per heavy atom. The molecule has 0 unspecified atom stereocenters. The molecule has 1 saturated heterocycles. The van der Waals surface area contributed by atoms with E-state index in [0.29, 0.717) is 5.95 Å². The van der Waals surface area contributed by atoms with Crippen molar-refractivity contribution in [3.05, 3.63) is 11.9 Å². The lowest BCUT2D eigenvalue weighted by molar-refractivity contribution is 0.0992. The molecule has 0 atom stereocenters. The third-order valence-electron chi connectivity index (χ3n) is 3.01. The fourth-order valence-electron chi connectivity index (χ4n) is 2.06. The molecule has 1 fully saturated rings. The molecule has 19 heavy (non-hydrogen) atoms. The number of nitrogens with two attached hydrogens (primary N) is 1. The Bertz CT molecular complexity index is 594. The first kappa shape index (κ1) is 13.7. The number of rotatable bonds is 3. The van der Waals surface area contributed by atoms with Gasteiger partial charge in [-0.1, -0.05) is 0 Å². The van der Waals surface area contributed by atoms with Crippen molar-refractivity contribution < 1.29 is 13.2 Å². The number of primary amides is 1. The fourth-order valence-corrected chi connectivity index (χ4v) is 2.80. The first-order chi connectivity index (χ1) is 8.89. The molecule has 0 aliphatic carbocycles. The predicted octanol–water partition coefficient (Wildman–Crippen LogP) is -0.0307. The van der Waals surface area contributed by atoms with Gasteiger partial charge in [0, 0.05) is 19.3 Å². The predicted molar refractivity (Wildman–Crippen MR) is 69.7 cm³/mol. The van der Waals surface area contributed by atoms with Crippen molar-refractivity contribution in [1.82, 2.24) is 9.97 Å². The second kappa shape index (κ2) is 5.12. The number of piperidine rings is 1. The first-order valence-corrected chi connectivity index (χ1v) is 7.90. The molecule has 1 aliphatic heterocycles. The molecule has 0 saturated carbocycles. The minimum atomic E-state index is -3.57. The standard InChI is InChI=1S/C11H16N4O3S/c1-19(17,18)8-7-13-11(14-9(8)10(12)16)15-5-3-2-4-6-15/h7H,2-6H2,1H3,(H2,12,16). The zero-order valence-corrected chi connectivity index (χ0v) is 11.5. The summed E-state index contributed by atoms with van der Waals surface area (Å²) in [6.07, 6.45) is 5.37. The van der Waals surface area contributed by atoms with Crippen LogP contribution in [0.15, 0.2) is 11.1 Å². The molecular formula is C11H16N4O3S. The van der Waals surface area contributed by atoms with Crippen LogP contribution >= 0.6 is 0 Å². The Kier molecular flexibility index (Phi) is 3.70. The SMILES string of the molecule is CS(=O)(=O)c1cnc(N2CCCCC2)nc1C(N)=O. The summed E-state index contributed by atoms with van der Waals surface area (Å²) in [5.74, 6) is -0.498. The zero-order chi connectivity index (χ0) is 14.0. The average Bonchev–Trinajstić information content (AvgIpc) is 2.38. The molecule has 1 aromatic rings. The van der Waals surface area contributed by atoms with Gasteiger partial charge in [0.25, 0.3) is 5.91 Å². The molecule has 1 aliphatic rings. The van der Waals surface area contributed by atoms with Crippen LogP contribution < -0.4 is 10.6 Å². The van der Waals surface area contributed by atoms with Crippen LogP contribution in [-0.2, 0) is 9.84 Å². The lowest BCUT2D eigenvalue weighted by Crippen LogP contribution is -2.32. The molecular weight excluding hydrogens is 268 g/mol. The van der Waals surface area contributed by atoms with Crippen LogP contribution in [0.1, 0.15) is 29.8 Å². The molecule has 2 rings (SSSR count). The summed E-state index contributed by atoms with van der Waals surface area (Å²) in [4.78, 5) is 21.1. The minimum absolute atomic E-state index is 0.222. The molecule has 1 aromatic heterocycles. The van der Waals surface area contributed by atoms with Gasteiger partial charge >= 0.3 is 0 Å². The van der Waals surface area contributed by atoms with Gasteiger partial charge in [-0.05, 0) is 19.3 Å². The summed E-state index contributed by atoms with van der Waals surface area (Å²) in [6.45, 7) is 1.60. The lowest BCUT2D eigenvalue weighted by Gasteiger charge is -2.26. The van der Waals surface area contributed by atoms with Gasteiger partial charge in [0.05, 0.1) is 6.20 Å². The van der Waals surface area contributed by atoms with E-state index >= 15 is 0 Å². The molecule has 104 valence electrons. The highest BCUT2D eigenvalue weighted by atomic mass is 32.2. The zero-order valence-electron chi connectivity index (χ0n) is 10.7. The van der Waals surface area contributed by atoms with Gasteiger partial charge in [0.15, 0.2) is 15.5 Å². The average molecular weight is 284 g/mol. The van der Waals surface area contributed by atoms with Crippen molar-refractivity contribution >= 4 is 21.7 Å². The molecule has 1 amide bonds. The molecule has 0 bridgehead atoms. The smallest absolute Gasteiger partial charge is 0.268 e. The van der Waals surface area contributed by atoms with Crippen molar-refractivity contribution in [3.8, 4) is 0 Å². The Hall–Kier alpha value is -1.70. The van der Waals surface area contributed by atoms with Crippen molar-refractivity contribution in [3.63, 3.8) is 0 Å². The quantitative estimate of drug-likeness (QED) is 0.835. The van der Waals surface area contributed by atoms with Crippen molar-refractivity contribution in [2.75, 3.05) is 24.2 Å². The number of aromatic nitrogens is 2. The largest absolute Gasteiger partial charge is 0.364 e. The first-order valence-electron chi connectivity index (χ1n) is 6.01. The minimum Gasteiger partial charge on any atom is -0.364 e. The topological polar surface area (TPSA) is 106 Å². The molecule has 8 heteroatoms. The van der Waals surface area contributed by atoms with Crippen LogP contribution in [0.4, 0.5) is 5.95 Å². The second-order valence-electron chi connectivity index (χ2n) is 4.57. The Labute approximate surface area is 111 Å². The Morgan fingerprint density at radius 2 is 1.95 bits per heavy atom. The van der Waals surface area contributed by atoms with Gasteiger partial charge in [-0.25, -0.2) is 18.4 Å². The Balaban J connectivity index is 2.44. The lowest BCUT2D eigenvalue weighted by atomic mass is 10.1. The summed E-state index contributed by atoms with van der Waals surface area (Å²) in [5.41, 5.74) is 4.96. The number of carbonyl (C=O) groups excluding carboxylic acids is 1. The molecule has 2 heterocycles. The third kappa shape index (κ3) is 3.01. The number of sulfone groups is 1. The van der Waals surface area contributed by atoms with Gasteiger partial charge in [-0.2, -0.15) is 0 Å². The summed E-state index contributed by atoms with van der Waals surface area (Å²) < 4.78 is 23.1. The van der Waals surface area contributed by atoms with E-state index < -0.39 is 15.7 Å². The molecule has 2 N–H and O–H groups in total. The van der Waals surface area contributed by atoms with E-state index in [-0.39, 0.29) is 10.6 Å². The van der Waals surface area contributed by atoms with Crippen molar-refractivity contribution in [1.29, 1.82) is 0 Å². The number of amides is 1. The van der Waals surface area contributed by atoms with Gasteiger partial charge in [0.2, 0.25) is 5.95 Å². The number of anilines is 1. The van der Waals surface area contributed by atoms with E-state index in [9.17, 15) is 13.2 Å². The maximum absolute atomic E-state index is 11.5. The molecule has 0 spiro atoms. The van der Waals surface area contributed by atoms with Gasteiger partial charge in [0.1, 0.15) is 4.90 Å². The van der Waals surface area contributed by atoms with Crippen LogP contribution in [-0.4, -0.2) is 43.6 Å². The van der Waals surface area contributed by atoms with Crippen LogP contribution in [0.5, 0.6) is 0 Å². The monoisotopic (exact) mass is 284 g/mol. The van der Waals surface area contributed by atoms with E-state index in [0.717, 1.165) is 44.8 Å². The van der Waals surface area contributed by atoms with Gasteiger partial charge in [-0.3, -0.25) is 4.79 Å². The summed E-state index contributed by atoms with van der Waals surface area (Å²) in [5, 5.41) is 0. The van der Waals surface area contributed by atoms with E-state index in [2.05, 4.69) is 9.97 Å². The summed E-state index contributed by atoms with van der Waals surface area (Å²) in [6, 6.07) is 0. The van der Waals surface area contributed by atoms with E-state index in [1.165, 1.54) is 0 Å². The maximum atomic E-state index is 11.5. The normalized spacial score (nSPS) is 16.4. The van der Waals surface area contributed by atoms with Crippen LogP contribution in [0, 0.1) is 0 Å². The Morgan fingerprint density at radius 1 is 1.32 bits per heavy atom. The van der Waals surface area contributed by atoms with Crippen molar-refractivity contribution in [2.45, 2.75) is 24.2 Å².